The number of halogens is 3. The summed E-state index contributed by atoms with van der Waals surface area (Å²) in [7, 11) is 0. The van der Waals surface area contributed by atoms with E-state index in [4.69, 9.17) is 5.11 Å². The molecule has 23 heavy (non-hydrogen) atoms. The quantitative estimate of drug-likeness (QED) is 0.917. The standard InChI is InChI=1S/C15H16F3N3O2/c1-2-20(8-9-22)14(23)13-6-7-21(19-13)12-5-3-4-11(10-12)15(16,17)18/h3-7,10,22H,2,8-9H2,1H3. The Kier molecular flexibility index (Phi) is 5.05. The summed E-state index contributed by atoms with van der Waals surface area (Å²) in [5, 5.41) is 13.0. The Morgan fingerprint density at radius 1 is 1.35 bits per heavy atom. The average molecular weight is 327 g/mol. The Hall–Kier alpha value is -2.35. The van der Waals surface area contributed by atoms with Crippen molar-refractivity contribution in [3.8, 4) is 5.69 Å². The molecular formula is C15H16F3N3O2. The van der Waals surface area contributed by atoms with Gasteiger partial charge in [-0.1, -0.05) is 6.07 Å². The molecule has 8 heteroatoms. The predicted octanol–water partition coefficient (Wildman–Crippen LogP) is 2.35. The summed E-state index contributed by atoms with van der Waals surface area (Å²) in [6.07, 6.45) is -3.02. The van der Waals surface area contributed by atoms with E-state index in [-0.39, 0.29) is 30.4 Å². The third-order valence-electron chi connectivity index (χ3n) is 3.29. The SMILES string of the molecule is CCN(CCO)C(=O)c1ccn(-c2cccc(C(F)(F)F)c2)n1. The topological polar surface area (TPSA) is 58.4 Å². The third-order valence-corrected chi connectivity index (χ3v) is 3.29. The first-order valence-corrected chi connectivity index (χ1v) is 7.00. The maximum absolute atomic E-state index is 12.7. The fourth-order valence-electron chi connectivity index (χ4n) is 2.09. The molecule has 0 spiro atoms. The van der Waals surface area contributed by atoms with Gasteiger partial charge in [0.2, 0.25) is 0 Å². The molecule has 1 amide bonds. The predicted molar refractivity (Wildman–Crippen MR) is 77.2 cm³/mol. The Balaban J connectivity index is 2.27. The summed E-state index contributed by atoms with van der Waals surface area (Å²) in [6, 6.07) is 6.13. The number of aliphatic hydroxyl groups excluding tert-OH is 1. The number of aliphatic hydroxyl groups is 1. The van der Waals surface area contributed by atoms with Crippen molar-refractivity contribution in [3.05, 3.63) is 47.8 Å². The van der Waals surface area contributed by atoms with Gasteiger partial charge in [-0.3, -0.25) is 4.79 Å². The zero-order valence-electron chi connectivity index (χ0n) is 12.4. The molecule has 124 valence electrons. The van der Waals surface area contributed by atoms with Gasteiger partial charge in [0.05, 0.1) is 17.9 Å². The van der Waals surface area contributed by atoms with Crippen LogP contribution in [-0.2, 0) is 6.18 Å². The molecule has 0 aliphatic rings. The Morgan fingerprint density at radius 3 is 2.70 bits per heavy atom. The van der Waals surface area contributed by atoms with Gasteiger partial charge in [-0.05, 0) is 31.2 Å². The monoisotopic (exact) mass is 327 g/mol. The van der Waals surface area contributed by atoms with Crippen LogP contribution < -0.4 is 0 Å². The highest BCUT2D eigenvalue weighted by Crippen LogP contribution is 2.30. The van der Waals surface area contributed by atoms with E-state index >= 15 is 0 Å². The van der Waals surface area contributed by atoms with Crippen molar-refractivity contribution in [1.29, 1.82) is 0 Å². The highest BCUT2D eigenvalue weighted by atomic mass is 19.4. The molecule has 0 saturated carbocycles. The summed E-state index contributed by atoms with van der Waals surface area (Å²) < 4.78 is 39.4. The molecular weight excluding hydrogens is 311 g/mol. The van der Waals surface area contributed by atoms with Gasteiger partial charge in [0.15, 0.2) is 5.69 Å². The van der Waals surface area contributed by atoms with Crippen molar-refractivity contribution in [3.63, 3.8) is 0 Å². The Morgan fingerprint density at radius 2 is 2.09 bits per heavy atom. The van der Waals surface area contributed by atoms with Gasteiger partial charge >= 0.3 is 6.18 Å². The maximum Gasteiger partial charge on any atom is 0.416 e. The summed E-state index contributed by atoms with van der Waals surface area (Å²) in [5.41, 5.74) is -0.462. The molecule has 0 atom stereocenters. The van der Waals surface area contributed by atoms with E-state index in [9.17, 15) is 18.0 Å². The highest BCUT2D eigenvalue weighted by molar-refractivity contribution is 5.92. The summed E-state index contributed by atoms with van der Waals surface area (Å²) >= 11 is 0. The normalized spacial score (nSPS) is 11.5. The van der Waals surface area contributed by atoms with Crippen LogP contribution in [0.4, 0.5) is 13.2 Å². The second kappa shape index (κ2) is 6.82. The molecule has 0 fully saturated rings. The summed E-state index contributed by atoms with van der Waals surface area (Å²) in [4.78, 5) is 13.6. The number of benzene rings is 1. The number of rotatable bonds is 5. The lowest BCUT2D eigenvalue weighted by atomic mass is 10.2. The lowest BCUT2D eigenvalue weighted by Gasteiger charge is -2.18. The van der Waals surface area contributed by atoms with E-state index < -0.39 is 11.7 Å². The van der Waals surface area contributed by atoms with Gasteiger partial charge in [0, 0.05) is 19.3 Å². The molecule has 2 aromatic rings. The van der Waals surface area contributed by atoms with Crippen LogP contribution in [0, 0.1) is 0 Å². The molecule has 0 unspecified atom stereocenters. The second-order valence-corrected chi connectivity index (χ2v) is 4.80. The van der Waals surface area contributed by atoms with E-state index in [1.807, 2.05) is 0 Å². The van der Waals surface area contributed by atoms with Crippen molar-refractivity contribution in [2.45, 2.75) is 13.1 Å². The molecule has 0 aliphatic heterocycles. The van der Waals surface area contributed by atoms with Crippen LogP contribution in [-0.4, -0.2) is 45.4 Å². The number of hydrogen-bond acceptors (Lipinski definition) is 3. The first kappa shape index (κ1) is 17.0. The number of alkyl halides is 3. The fraction of sp³-hybridized carbons (Fsp3) is 0.333. The van der Waals surface area contributed by atoms with Gasteiger partial charge in [-0.15, -0.1) is 0 Å². The molecule has 1 aromatic carbocycles. The van der Waals surface area contributed by atoms with E-state index in [2.05, 4.69) is 5.10 Å². The van der Waals surface area contributed by atoms with E-state index in [0.717, 1.165) is 12.1 Å². The first-order valence-electron chi connectivity index (χ1n) is 7.00. The third kappa shape index (κ3) is 3.89. The van der Waals surface area contributed by atoms with Crippen molar-refractivity contribution < 1.29 is 23.1 Å². The van der Waals surface area contributed by atoms with Crippen LogP contribution in [0.5, 0.6) is 0 Å². The van der Waals surface area contributed by atoms with Gasteiger partial charge < -0.3 is 10.0 Å². The number of hydrogen-bond donors (Lipinski definition) is 1. The average Bonchev–Trinajstić information content (AvgIpc) is 3.01. The van der Waals surface area contributed by atoms with E-state index in [1.54, 1.807) is 6.92 Å². The maximum atomic E-state index is 12.7. The van der Waals surface area contributed by atoms with Crippen LogP contribution in [0.2, 0.25) is 0 Å². The number of amides is 1. The second-order valence-electron chi connectivity index (χ2n) is 4.80. The summed E-state index contributed by atoms with van der Waals surface area (Å²) in [5.74, 6) is -0.382. The minimum absolute atomic E-state index is 0.109. The molecule has 0 aliphatic carbocycles. The zero-order valence-corrected chi connectivity index (χ0v) is 12.4. The lowest BCUT2D eigenvalue weighted by molar-refractivity contribution is -0.137. The molecule has 1 aromatic heterocycles. The van der Waals surface area contributed by atoms with Crippen molar-refractivity contribution >= 4 is 5.91 Å². The lowest BCUT2D eigenvalue weighted by Crippen LogP contribution is -2.33. The van der Waals surface area contributed by atoms with Gasteiger partial charge in [0.1, 0.15) is 0 Å². The largest absolute Gasteiger partial charge is 0.416 e. The molecule has 0 radical (unpaired) electrons. The Bertz CT molecular complexity index is 683. The highest BCUT2D eigenvalue weighted by Gasteiger charge is 2.30. The number of nitrogens with zero attached hydrogens (tertiary/aromatic N) is 3. The number of carbonyl (C=O) groups excluding carboxylic acids is 1. The van der Waals surface area contributed by atoms with Gasteiger partial charge in [0.25, 0.3) is 5.91 Å². The summed E-state index contributed by atoms with van der Waals surface area (Å²) in [6.45, 7) is 2.16. The van der Waals surface area contributed by atoms with E-state index in [1.165, 1.54) is 34.0 Å². The number of likely N-dealkylation sites (N-methyl/N-ethyl adjacent to an activating group) is 1. The molecule has 1 N–H and O–H groups in total. The van der Waals surface area contributed by atoms with Crippen LogP contribution >= 0.6 is 0 Å². The van der Waals surface area contributed by atoms with Crippen LogP contribution in [0.1, 0.15) is 23.0 Å². The van der Waals surface area contributed by atoms with Gasteiger partial charge in [-0.25, -0.2) is 4.68 Å². The number of aromatic nitrogens is 2. The fourth-order valence-corrected chi connectivity index (χ4v) is 2.09. The van der Waals surface area contributed by atoms with Gasteiger partial charge in [-0.2, -0.15) is 18.3 Å². The minimum atomic E-state index is -4.44. The Labute approximate surface area is 130 Å². The van der Waals surface area contributed by atoms with Crippen molar-refractivity contribution in [2.24, 2.45) is 0 Å². The minimum Gasteiger partial charge on any atom is -0.395 e. The zero-order chi connectivity index (χ0) is 17.0. The molecule has 0 bridgehead atoms. The van der Waals surface area contributed by atoms with E-state index in [0.29, 0.717) is 6.54 Å². The van der Waals surface area contributed by atoms with Crippen LogP contribution in [0.25, 0.3) is 5.69 Å². The number of carbonyl (C=O) groups is 1. The molecule has 2 rings (SSSR count). The van der Waals surface area contributed by atoms with Crippen LogP contribution in [0.3, 0.4) is 0 Å². The van der Waals surface area contributed by atoms with Crippen molar-refractivity contribution in [1.82, 2.24) is 14.7 Å². The van der Waals surface area contributed by atoms with Crippen molar-refractivity contribution in [2.75, 3.05) is 19.7 Å². The molecule has 5 nitrogen and oxygen atoms in total. The molecule has 1 heterocycles. The van der Waals surface area contributed by atoms with Crippen LogP contribution in [0.15, 0.2) is 36.5 Å². The first-order chi connectivity index (χ1) is 10.9. The smallest absolute Gasteiger partial charge is 0.395 e. The molecule has 0 saturated heterocycles.